The Morgan fingerprint density at radius 2 is 1.90 bits per heavy atom. The number of aliphatic hydroxyl groups excluding tert-OH is 1. The predicted octanol–water partition coefficient (Wildman–Crippen LogP) is 2.28. The Morgan fingerprint density at radius 1 is 1.24 bits per heavy atom. The highest BCUT2D eigenvalue weighted by Gasteiger charge is 2.44. The maximum Gasteiger partial charge on any atom is 0.251 e. The van der Waals surface area contributed by atoms with Crippen molar-refractivity contribution in [3.8, 4) is 6.07 Å². The van der Waals surface area contributed by atoms with Crippen LogP contribution in [0.2, 0.25) is 0 Å². The lowest BCUT2D eigenvalue weighted by atomic mass is 9.92. The van der Waals surface area contributed by atoms with E-state index in [-0.39, 0.29) is 17.4 Å². The Labute approximate surface area is 124 Å². The zero-order valence-electron chi connectivity index (χ0n) is 12.0. The number of carbonyl (C=O) groups is 1. The number of amides is 1. The summed E-state index contributed by atoms with van der Waals surface area (Å²) in [5, 5.41) is 22.0. The normalized spacial score (nSPS) is 26.7. The van der Waals surface area contributed by atoms with Crippen molar-refractivity contribution in [1.29, 1.82) is 5.26 Å². The molecule has 0 aromatic heterocycles. The molecular weight excluding hydrogens is 264 g/mol. The van der Waals surface area contributed by atoms with Gasteiger partial charge in [-0.3, -0.25) is 4.79 Å². The number of hydrogen-bond donors (Lipinski definition) is 2. The number of nitrogens with zero attached hydrogens (tertiary/aromatic N) is 1. The fourth-order valence-electron chi connectivity index (χ4n) is 3.06. The topological polar surface area (TPSA) is 73.1 Å². The minimum Gasteiger partial charge on any atom is -0.391 e. The Balaban J connectivity index is 1.66. The lowest BCUT2D eigenvalue weighted by Crippen LogP contribution is -2.45. The van der Waals surface area contributed by atoms with Crippen LogP contribution in [-0.4, -0.2) is 23.2 Å². The molecule has 2 atom stereocenters. The Hall–Kier alpha value is -1.86. The van der Waals surface area contributed by atoms with Crippen LogP contribution in [0.25, 0.3) is 0 Å². The second-order valence-corrected chi connectivity index (χ2v) is 6.20. The van der Waals surface area contributed by atoms with Gasteiger partial charge in [-0.1, -0.05) is 25.0 Å². The summed E-state index contributed by atoms with van der Waals surface area (Å²) < 4.78 is 0. The van der Waals surface area contributed by atoms with Crippen LogP contribution in [0.1, 0.15) is 54.4 Å². The van der Waals surface area contributed by atoms with Crippen molar-refractivity contribution in [3.63, 3.8) is 0 Å². The quantitative estimate of drug-likeness (QED) is 0.894. The number of nitriles is 1. The Kier molecular flexibility index (Phi) is 3.69. The smallest absolute Gasteiger partial charge is 0.251 e. The van der Waals surface area contributed by atoms with Gasteiger partial charge >= 0.3 is 0 Å². The van der Waals surface area contributed by atoms with E-state index < -0.39 is 6.10 Å². The molecule has 2 N–H and O–H groups in total. The zero-order chi connectivity index (χ0) is 14.9. The van der Waals surface area contributed by atoms with E-state index in [1.165, 1.54) is 0 Å². The van der Waals surface area contributed by atoms with Crippen LogP contribution in [0.4, 0.5) is 0 Å². The minimum absolute atomic E-state index is 0.139. The summed E-state index contributed by atoms with van der Waals surface area (Å²) in [7, 11) is 0. The fourth-order valence-corrected chi connectivity index (χ4v) is 3.06. The SMILES string of the molecule is N#CC1(c2ccc(C(=O)NC3CCCCC3O)cc2)CC1. The van der Waals surface area contributed by atoms with Crippen LogP contribution in [0, 0.1) is 11.3 Å². The minimum atomic E-state index is -0.435. The van der Waals surface area contributed by atoms with Crippen molar-refractivity contribution in [2.75, 3.05) is 0 Å². The molecule has 4 heteroatoms. The van der Waals surface area contributed by atoms with Crippen LogP contribution in [-0.2, 0) is 5.41 Å². The molecule has 1 aromatic rings. The van der Waals surface area contributed by atoms with Crippen molar-refractivity contribution in [3.05, 3.63) is 35.4 Å². The highest BCUT2D eigenvalue weighted by atomic mass is 16.3. The van der Waals surface area contributed by atoms with Gasteiger partial charge in [0.2, 0.25) is 0 Å². The third-order valence-electron chi connectivity index (χ3n) is 4.71. The van der Waals surface area contributed by atoms with Crippen LogP contribution < -0.4 is 5.32 Å². The lowest BCUT2D eigenvalue weighted by molar-refractivity contribution is 0.0717. The molecule has 2 aliphatic carbocycles. The molecule has 4 nitrogen and oxygen atoms in total. The molecule has 3 rings (SSSR count). The summed E-state index contributed by atoms with van der Waals surface area (Å²) in [6, 6.07) is 9.52. The van der Waals surface area contributed by atoms with Gasteiger partial charge in [-0.05, 0) is 43.4 Å². The van der Waals surface area contributed by atoms with Gasteiger partial charge in [0.05, 0.1) is 23.6 Å². The van der Waals surface area contributed by atoms with Crippen molar-refractivity contribution < 1.29 is 9.90 Å². The molecule has 0 heterocycles. The Morgan fingerprint density at radius 3 is 2.48 bits per heavy atom. The first-order chi connectivity index (χ1) is 10.1. The van der Waals surface area contributed by atoms with Gasteiger partial charge in [-0.15, -0.1) is 0 Å². The Bertz CT molecular complexity index is 569. The molecule has 2 fully saturated rings. The van der Waals surface area contributed by atoms with Crippen LogP contribution in [0.15, 0.2) is 24.3 Å². The lowest BCUT2D eigenvalue weighted by Gasteiger charge is -2.28. The summed E-state index contributed by atoms with van der Waals surface area (Å²) in [5.74, 6) is -0.144. The van der Waals surface area contributed by atoms with Gasteiger partial charge in [0, 0.05) is 5.56 Å². The average Bonchev–Trinajstić information content (AvgIpc) is 3.31. The molecule has 2 unspecified atom stereocenters. The molecule has 110 valence electrons. The number of aliphatic hydroxyl groups is 1. The van der Waals surface area contributed by atoms with Gasteiger partial charge < -0.3 is 10.4 Å². The van der Waals surface area contributed by atoms with E-state index in [9.17, 15) is 15.2 Å². The van der Waals surface area contributed by atoms with Crippen molar-refractivity contribution in [2.24, 2.45) is 0 Å². The molecule has 1 aromatic carbocycles. The fraction of sp³-hybridized carbons (Fsp3) is 0.529. The highest BCUT2D eigenvalue weighted by molar-refractivity contribution is 5.94. The first-order valence-electron chi connectivity index (χ1n) is 7.65. The maximum atomic E-state index is 12.2. The third kappa shape index (κ3) is 2.79. The van der Waals surface area contributed by atoms with E-state index in [2.05, 4.69) is 11.4 Å². The molecule has 0 aliphatic heterocycles. The van der Waals surface area contributed by atoms with Gasteiger partial charge in [-0.25, -0.2) is 0 Å². The molecule has 2 aliphatic rings. The second-order valence-electron chi connectivity index (χ2n) is 6.20. The first-order valence-corrected chi connectivity index (χ1v) is 7.65. The number of carbonyl (C=O) groups excluding carboxylic acids is 1. The molecule has 1 amide bonds. The van der Waals surface area contributed by atoms with Gasteiger partial charge in [0.15, 0.2) is 0 Å². The van der Waals surface area contributed by atoms with Crippen molar-refractivity contribution >= 4 is 5.91 Å². The largest absolute Gasteiger partial charge is 0.391 e. The van der Waals surface area contributed by atoms with Gasteiger partial charge in [0.1, 0.15) is 0 Å². The average molecular weight is 284 g/mol. The van der Waals surface area contributed by atoms with Crippen LogP contribution in [0.3, 0.4) is 0 Å². The summed E-state index contributed by atoms with van der Waals surface area (Å²) in [6.07, 6.45) is 5.05. The molecule has 0 saturated heterocycles. The van der Waals surface area contributed by atoms with E-state index in [0.717, 1.165) is 44.1 Å². The third-order valence-corrected chi connectivity index (χ3v) is 4.71. The number of hydrogen-bond acceptors (Lipinski definition) is 3. The van der Waals surface area contributed by atoms with E-state index in [1.807, 2.05) is 12.1 Å². The van der Waals surface area contributed by atoms with Crippen LogP contribution in [0.5, 0.6) is 0 Å². The van der Waals surface area contributed by atoms with Crippen molar-refractivity contribution in [1.82, 2.24) is 5.32 Å². The molecule has 2 saturated carbocycles. The van der Waals surface area contributed by atoms with E-state index in [1.54, 1.807) is 12.1 Å². The highest BCUT2D eigenvalue weighted by Crippen LogP contribution is 2.47. The molecule has 0 radical (unpaired) electrons. The van der Waals surface area contributed by atoms with Crippen molar-refractivity contribution in [2.45, 2.75) is 56.1 Å². The number of benzene rings is 1. The zero-order valence-corrected chi connectivity index (χ0v) is 12.0. The van der Waals surface area contributed by atoms with Crippen LogP contribution >= 0.6 is 0 Å². The van der Waals surface area contributed by atoms with Gasteiger partial charge in [-0.2, -0.15) is 5.26 Å². The predicted molar refractivity (Wildman–Crippen MR) is 78.7 cm³/mol. The summed E-state index contributed by atoms with van der Waals surface area (Å²) >= 11 is 0. The maximum absolute atomic E-state index is 12.2. The second kappa shape index (κ2) is 5.50. The van der Waals surface area contributed by atoms with Gasteiger partial charge in [0.25, 0.3) is 5.91 Å². The molecule has 0 bridgehead atoms. The van der Waals surface area contributed by atoms with E-state index in [4.69, 9.17) is 0 Å². The van der Waals surface area contributed by atoms with E-state index >= 15 is 0 Å². The standard InChI is InChI=1S/C17H20N2O2/c18-11-17(9-10-17)13-7-5-12(6-8-13)16(21)19-14-3-1-2-4-15(14)20/h5-8,14-15,20H,1-4,9-10H2,(H,19,21). The molecule has 0 spiro atoms. The molecule has 21 heavy (non-hydrogen) atoms. The summed E-state index contributed by atoms with van der Waals surface area (Å²) in [5.41, 5.74) is 1.28. The number of nitrogens with one attached hydrogen (secondary N) is 1. The summed E-state index contributed by atoms with van der Waals surface area (Å²) in [4.78, 5) is 12.2. The van der Waals surface area contributed by atoms with E-state index in [0.29, 0.717) is 5.56 Å². The summed E-state index contributed by atoms with van der Waals surface area (Å²) in [6.45, 7) is 0. The number of rotatable bonds is 3. The molecular formula is C17H20N2O2. The first kappa shape index (κ1) is 14.1. The monoisotopic (exact) mass is 284 g/mol.